The van der Waals surface area contributed by atoms with Crippen molar-refractivity contribution in [3.8, 4) is 0 Å². The third-order valence-electron chi connectivity index (χ3n) is 1.14. The van der Waals surface area contributed by atoms with Crippen molar-refractivity contribution in [3.05, 3.63) is 36.6 Å². The van der Waals surface area contributed by atoms with Gasteiger partial charge in [-0.15, -0.1) is 0 Å². The number of rotatable bonds is 6. The van der Waals surface area contributed by atoms with Crippen molar-refractivity contribution in [2.45, 2.75) is 13.3 Å². The van der Waals surface area contributed by atoms with Crippen LogP contribution in [0.15, 0.2) is 36.6 Å². The summed E-state index contributed by atoms with van der Waals surface area (Å²) >= 11 is 0. The number of allylic oxidation sites excluding steroid dienone is 3. The van der Waals surface area contributed by atoms with Gasteiger partial charge in [0.05, 0.1) is 6.61 Å². The van der Waals surface area contributed by atoms with Gasteiger partial charge in [0, 0.05) is 13.0 Å². The molecule has 0 aliphatic heterocycles. The van der Waals surface area contributed by atoms with Crippen molar-refractivity contribution in [1.82, 2.24) is 0 Å². The zero-order valence-corrected chi connectivity index (χ0v) is 7.55. The molecule has 0 aromatic heterocycles. The maximum Gasteiger partial charge on any atom is 0.112 e. The lowest BCUT2D eigenvalue weighted by Gasteiger charge is -2.02. The summed E-state index contributed by atoms with van der Waals surface area (Å²) in [5.74, 6) is 0.603. The average Bonchev–Trinajstić information content (AvgIpc) is 2.01. The predicted molar refractivity (Wildman–Crippen MR) is 50.7 cm³/mol. The van der Waals surface area contributed by atoms with Crippen LogP contribution in [0.1, 0.15) is 13.3 Å². The first kappa shape index (κ1) is 11.0. The summed E-state index contributed by atoms with van der Waals surface area (Å²) in [5, 5.41) is 8.46. The first-order chi connectivity index (χ1) is 5.66. The number of ether oxygens (including phenoxy) is 1. The average molecular weight is 168 g/mol. The maximum atomic E-state index is 8.46. The summed E-state index contributed by atoms with van der Waals surface area (Å²) in [6, 6.07) is 0. The topological polar surface area (TPSA) is 29.5 Å². The largest absolute Gasteiger partial charge is 0.494 e. The van der Waals surface area contributed by atoms with Gasteiger partial charge in [0.15, 0.2) is 0 Å². The van der Waals surface area contributed by atoms with Crippen LogP contribution in [0.5, 0.6) is 0 Å². The normalized spacial score (nSPS) is 10.2. The zero-order valence-electron chi connectivity index (χ0n) is 7.55. The molecule has 0 fully saturated rings. The van der Waals surface area contributed by atoms with Crippen LogP contribution >= 0.6 is 0 Å². The summed E-state index contributed by atoms with van der Waals surface area (Å²) in [6.07, 6.45) is 4.24. The molecule has 0 aliphatic rings. The third kappa shape index (κ3) is 7.09. The minimum Gasteiger partial charge on any atom is -0.494 e. The van der Waals surface area contributed by atoms with E-state index >= 15 is 0 Å². The van der Waals surface area contributed by atoms with E-state index in [1.165, 1.54) is 0 Å². The Labute approximate surface area is 73.9 Å². The van der Waals surface area contributed by atoms with Crippen molar-refractivity contribution in [2.24, 2.45) is 0 Å². The van der Waals surface area contributed by atoms with Crippen LogP contribution in [-0.2, 0) is 4.74 Å². The molecule has 0 heterocycles. The molecular weight excluding hydrogens is 152 g/mol. The van der Waals surface area contributed by atoms with Crippen molar-refractivity contribution in [1.29, 1.82) is 0 Å². The fourth-order valence-electron chi connectivity index (χ4n) is 0.551. The molecule has 0 saturated carbocycles. The molecule has 0 radical (unpaired) electrons. The fourth-order valence-corrected chi connectivity index (χ4v) is 0.551. The molecule has 0 unspecified atom stereocenters. The lowest BCUT2D eigenvalue weighted by atomic mass is 10.3. The van der Waals surface area contributed by atoms with E-state index in [9.17, 15) is 0 Å². The molecule has 2 nitrogen and oxygen atoms in total. The Morgan fingerprint density at radius 3 is 2.58 bits per heavy atom. The van der Waals surface area contributed by atoms with Crippen LogP contribution in [0.25, 0.3) is 0 Å². The second kappa shape index (κ2) is 6.68. The van der Waals surface area contributed by atoms with Crippen LogP contribution in [0.2, 0.25) is 0 Å². The van der Waals surface area contributed by atoms with Crippen LogP contribution in [0.4, 0.5) is 0 Å². The van der Waals surface area contributed by atoms with E-state index in [1.54, 1.807) is 6.08 Å². The quantitative estimate of drug-likeness (QED) is 0.373. The lowest BCUT2D eigenvalue weighted by molar-refractivity contribution is 0.185. The van der Waals surface area contributed by atoms with E-state index in [0.717, 1.165) is 5.57 Å². The molecule has 12 heavy (non-hydrogen) atoms. The monoisotopic (exact) mass is 168 g/mol. The Bertz CT molecular complexity index is 180. The SMILES string of the molecule is C=C(C)/C=C\C(=C)OCCCO. The molecule has 0 aliphatic carbocycles. The molecule has 0 bridgehead atoms. The van der Waals surface area contributed by atoms with Gasteiger partial charge in [-0.05, 0) is 13.0 Å². The van der Waals surface area contributed by atoms with Gasteiger partial charge in [-0.2, -0.15) is 0 Å². The highest BCUT2D eigenvalue weighted by Crippen LogP contribution is 1.99. The first-order valence-electron chi connectivity index (χ1n) is 3.93. The van der Waals surface area contributed by atoms with E-state index in [2.05, 4.69) is 13.2 Å². The molecule has 0 amide bonds. The van der Waals surface area contributed by atoms with Gasteiger partial charge in [0.1, 0.15) is 5.76 Å². The van der Waals surface area contributed by atoms with E-state index in [1.807, 2.05) is 13.0 Å². The highest BCUT2D eigenvalue weighted by Gasteiger charge is 1.88. The van der Waals surface area contributed by atoms with E-state index < -0.39 is 0 Å². The fraction of sp³-hybridized carbons (Fsp3) is 0.400. The first-order valence-corrected chi connectivity index (χ1v) is 3.93. The standard InChI is InChI=1S/C10H16O2/c1-9(2)5-6-10(3)12-8-4-7-11/h5-6,11H,1,3-4,7-8H2,2H3/b6-5-. The van der Waals surface area contributed by atoms with E-state index in [-0.39, 0.29) is 6.61 Å². The Kier molecular flexibility index (Phi) is 6.11. The molecule has 68 valence electrons. The minimum atomic E-state index is 0.150. The molecule has 0 atom stereocenters. The van der Waals surface area contributed by atoms with Gasteiger partial charge >= 0.3 is 0 Å². The number of hydrogen-bond donors (Lipinski definition) is 1. The van der Waals surface area contributed by atoms with Crippen molar-refractivity contribution >= 4 is 0 Å². The summed E-state index contributed by atoms with van der Waals surface area (Å²) in [6.45, 7) is 9.93. The van der Waals surface area contributed by atoms with Gasteiger partial charge in [-0.25, -0.2) is 0 Å². The van der Waals surface area contributed by atoms with Crippen molar-refractivity contribution in [2.75, 3.05) is 13.2 Å². The summed E-state index contributed by atoms with van der Waals surface area (Å²) in [5.41, 5.74) is 0.960. The lowest BCUT2D eigenvalue weighted by Crippen LogP contribution is -1.94. The molecular formula is C10H16O2. The third-order valence-corrected chi connectivity index (χ3v) is 1.14. The summed E-state index contributed by atoms with van der Waals surface area (Å²) < 4.78 is 5.15. The minimum absolute atomic E-state index is 0.150. The molecule has 1 N–H and O–H groups in total. The number of aliphatic hydroxyl groups excluding tert-OH is 1. The molecule has 0 aromatic rings. The van der Waals surface area contributed by atoms with Gasteiger partial charge in [0.25, 0.3) is 0 Å². The highest BCUT2D eigenvalue weighted by molar-refractivity contribution is 5.19. The van der Waals surface area contributed by atoms with Gasteiger partial charge < -0.3 is 9.84 Å². The van der Waals surface area contributed by atoms with Crippen molar-refractivity contribution in [3.63, 3.8) is 0 Å². The Hall–Kier alpha value is -1.02. The second-order valence-corrected chi connectivity index (χ2v) is 2.57. The van der Waals surface area contributed by atoms with Crippen LogP contribution in [-0.4, -0.2) is 18.3 Å². The number of hydrogen-bond acceptors (Lipinski definition) is 2. The molecule has 0 spiro atoms. The Balaban J connectivity index is 3.53. The summed E-state index contributed by atoms with van der Waals surface area (Å²) in [7, 11) is 0. The number of aliphatic hydroxyl groups is 1. The van der Waals surface area contributed by atoms with Crippen molar-refractivity contribution < 1.29 is 9.84 Å². The van der Waals surface area contributed by atoms with Crippen LogP contribution in [0, 0.1) is 0 Å². The van der Waals surface area contributed by atoms with E-state index in [0.29, 0.717) is 18.8 Å². The molecule has 0 saturated heterocycles. The second-order valence-electron chi connectivity index (χ2n) is 2.57. The van der Waals surface area contributed by atoms with Gasteiger partial charge in [-0.1, -0.05) is 24.8 Å². The van der Waals surface area contributed by atoms with Gasteiger partial charge in [-0.3, -0.25) is 0 Å². The molecule has 0 rings (SSSR count). The Morgan fingerprint density at radius 2 is 2.08 bits per heavy atom. The van der Waals surface area contributed by atoms with Crippen LogP contribution < -0.4 is 0 Å². The predicted octanol–water partition coefficient (Wildman–Crippen LogP) is 2.03. The van der Waals surface area contributed by atoms with E-state index in [4.69, 9.17) is 9.84 Å². The molecule has 2 heteroatoms. The van der Waals surface area contributed by atoms with Gasteiger partial charge in [0.2, 0.25) is 0 Å². The Morgan fingerprint density at radius 1 is 1.42 bits per heavy atom. The smallest absolute Gasteiger partial charge is 0.112 e. The molecule has 0 aromatic carbocycles. The maximum absolute atomic E-state index is 8.46. The zero-order chi connectivity index (χ0) is 9.40. The van der Waals surface area contributed by atoms with Crippen LogP contribution in [0.3, 0.4) is 0 Å². The summed E-state index contributed by atoms with van der Waals surface area (Å²) in [4.78, 5) is 0. The highest BCUT2D eigenvalue weighted by atomic mass is 16.5.